The summed E-state index contributed by atoms with van der Waals surface area (Å²) < 4.78 is 8.19. The van der Waals surface area contributed by atoms with Crippen LogP contribution in [0.25, 0.3) is 10.9 Å². The predicted molar refractivity (Wildman–Crippen MR) is 77.2 cm³/mol. The maximum absolute atomic E-state index is 5.86. The third-order valence-electron chi connectivity index (χ3n) is 3.34. The molecular formula is C16H23NO. The van der Waals surface area contributed by atoms with Gasteiger partial charge in [0.25, 0.3) is 0 Å². The third kappa shape index (κ3) is 2.69. The van der Waals surface area contributed by atoms with E-state index in [-0.39, 0.29) is 6.10 Å². The van der Waals surface area contributed by atoms with Crippen LogP contribution in [0.5, 0.6) is 5.75 Å². The Balaban J connectivity index is 2.35. The van der Waals surface area contributed by atoms with Crippen LogP contribution >= 0.6 is 0 Å². The van der Waals surface area contributed by atoms with E-state index < -0.39 is 0 Å². The number of aromatic nitrogens is 1. The van der Waals surface area contributed by atoms with E-state index in [1.807, 2.05) is 0 Å². The summed E-state index contributed by atoms with van der Waals surface area (Å²) in [6.45, 7) is 9.74. The molecule has 2 heteroatoms. The first-order valence-electron chi connectivity index (χ1n) is 6.86. The SMILES string of the molecule is CCC(C)Cn1ccc2c(OC(C)C)cccc21. The Morgan fingerprint density at radius 1 is 1.17 bits per heavy atom. The lowest BCUT2D eigenvalue weighted by Gasteiger charge is -2.13. The van der Waals surface area contributed by atoms with Crippen LogP contribution in [0.3, 0.4) is 0 Å². The Hall–Kier alpha value is -1.44. The van der Waals surface area contributed by atoms with Crippen LogP contribution in [0.1, 0.15) is 34.1 Å². The summed E-state index contributed by atoms with van der Waals surface area (Å²) in [5, 5.41) is 1.22. The molecule has 1 aromatic carbocycles. The number of rotatable bonds is 5. The lowest BCUT2D eigenvalue weighted by Crippen LogP contribution is -2.06. The zero-order valence-electron chi connectivity index (χ0n) is 11.8. The number of ether oxygens (including phenoxy) is 1. The van der Waals surface area contributed by atoms with Crippen molar-refractivity contribution in [2.24, 2.45) is 5.92 Å². The number of benzene rings is 1. The second kappa shape index (κ2) is 5.47. The molecule has 0 spiro atoms. The van der Waals surface area contributed by atoms with Crippen molar-refractivity contribution in [1.29, 1.82) is 0 Å². The molecule has 1 aromatic heterocycles. The quantitative estimate of drug-likeness (QED) is 0.757. The summed E-state index contributed by atoms with van der Waals surface area (Å²) in [5.74, 6) is 1.70. The average molecular weight is 245 g/mol. The van der Waals surface area contributed by atoms with Gasteiger partial charge < -0.3 is 9.30 Å². The van der Waals surface area contributed by atoms with Gasteiger partial charge in [0.2, 0.25) is 0 Å². The Morgan fingerprint density at radius 3 is 2.61 bits per heavy atom. The monoisotopic (exact) mass is 245 g/mol. The van der Waals surface area contributed by atoms with Gasteiger partial charge in [0.1, 0.15) is 5.75 Å². The van der Waals surface area contributed by atoms with E-state index in [1.54, 1.807) is 0 Å². The van der Waals surface area contributed by atoms with E-state index in [4.69, 9.17) is 4.74 Å². The molecule has 1 atom stereocenters. The van der Waals surface area contributed by atoms with Crippen molar-refractivity contribution in [3.8, 4) is 5.75 Å². The molecule has 0 N–H and O–H groups in total. The van der Waals surface area contributed by atoms with E-state index in [9.17, 15) is 0 Å². The first kappa shape index (κ1) is 13.0. The van der Waals surface area contributed by atoms with Gasteiger partial charge in [-0.3, -0.25) is 0 Å². The number of nitrogens with zero attached hydrogens (tertiary/aromatic N) is 1. The Bertz CT molecular complexity index is 513. The highest BCUT2D eigenvalue weighted by molar-refractivity contribution is 5.86. The minimum absolute atomic E-state index is 0.216. The molecule has 0 aliphatic carbocycles. The van der Waals surface area contributed by atoms with E-state index in [1.165, 1.54) is 17.3 Å². The highest BCUT2D eigenvalue weighted by Gasteiger charge is 2.09. The van der Waals surface area contributed by atoms with Crippen LogP contribution in [-0.2, 0) is 6.54 Å². The van der Waals surface area contributed by atoms with Gasteiger partial charge in [-0.25, -0.2) is 0 Å². The fraction of sp³-hybridized carbons (Fsp3) is 0.500. The summed E-state index contributed by atoms with van der Waals surface area (Å²) in [4.78, 5) is 0. The molecule has 2 nitrogen and oxygen atoms in total. The zero-order chi connectivity index (χ0) is 13.1. The molecule has 0 saturated heterocycles. The number of fused-ring (bicyclic) bond motifs is 1. The predicted octanol–water partition coefficient (Wildman–Crippen LogP) is 4.47. The Labute approximate surface area is 110 Å². The van der Waals surface area contributed by atoms with Gasteiger partial charge in [0, 0.05) is 18.1 Å². The molecular weight excluding hydrogens is 222 g/mol. The molecule has 0 amide bonds. The van der Waals surface area contributed by atoms with Gasteiger partial charge in [-0.1, -0.05) is 26.3 Å². The molecule has 0 saturated carbocycles. The topological polar surface area (TPSA) is 14.2 Å². The van der Waals surface area contributed by atoms with Crippen LogP contribution in [0.4, 0.5) is 0 Å². The highest BCUT2D eigenvalue weighted by Crippen LogP contribution is 2.28. The van der Waals surface area contributed by atoms with Gasteiger partial charge in [-0.15, -0.1) is 0 Å². The first-order valence-corrected chi connectivity index (χ1v) is 6.86. The molecule has 0 fully saturated rings. The van der Waals surface area contributed by atoms with E-state index in [0.29, 0.717) is 5.92 Å². The van der Waals surface area contributed by atoms with Crippen LogP contribution in [0.15, 0.2) is 30.5 Å². The second-order valence-corrected chi connectivity index (χ2v) is 5.34. The summed E-state index contributed by atoms with van der Waals surface area (Å²) in [7, 11) is 0. The van der Waals surface area contributed by atoms with Crippen LogP contribution in [-0.4, -0.2) is 10.7 Å². The van der Waals surface area contributed by atoms with Gasteiger partial charge in [-0.05, 0) is 38.0 Å². The van der Waals surface area contributed by atoms with Crippen LogP contribution in [0, 0.1) is 5.92 Å². The van der Waals surface area contributed by atoms with Gasteiger partial charge in [0.15, 0.2) is 0 Å². The fourth-order valence-corrected chi connectivity index (χ4v) is 2.18. The molecule has 0 aliphatic heterocycles. The van der Waals surface area contributed by atoms with Crippen LogP contribution < -0.4 is 4.74 Å². The molecule has 1 heterocycles. The van der Waals surface area contributed by atoms with Gasteiger partial charge in [-0.2, -0.15) is 0 Å². The molecule has 2 aromatic rings. The zero-order valence-corrected chi connectivity index (χ0v) is 11.8. The van der Waals surface area contributed by atoms with Crippen molar-refractivity contribution < 1.29 is 4.74 Å². The van der Waals surface area contributed by atoms with E-state index in [0.717, 1.165) is 12.3 Å². The maximum Gasteiger partial charge on any atom is 0.129 e. The summed E-state index contributed by atoms with van der Waals surface area (Å²) >= 11 is 0. The van der Waals surface area contributed by atoms with Crippen molar-refractivity contribution in [3.63, 3.8) is 0 Å². The second-order valence-electron chi connectivity index (χ2n) is 5.34. The van der Waals surface area contributed by atoms with Crippen molar-refractivity contribution in [2.75, 3.05) is 0 Å². The van der Waals surface area contributed by atoms with Crippen molar-refractivity contribution in [1.82, 2.24) is 4.57 Å². The molecule has 98 valence electrons. The smallest absolute Gasteiger partial charge is 0.129 e. The first-order chi connectivity index (χ1) is 8.61. The third-order valence-corrected chi connectivity index (χ3v) is 3.34. The largest absolute Gasteiger partial charge is 0.490 e. The maximum atomic E-state index is 5.86. The van der Waals surface area contributed by atoms with E-state index in [2.05, 4.69) is 62.7 Å². The van der Waals surface area contributed by atoms with Gasteiger partial charge in [0.05, 0.1) is 11.6 Å². The van der Waals surface area contributed by atoms with Crippen LogP contribution in [0.2, 0.25) is 0 Å². The van der Waals surface area contributed by atoms with Gasteiger partial charge >= 0.3 is 0 Å². The minimum Gasteiger partial charge on any atom is -0.490 e. The lowest BCUT2D eigenvalue weighted by molar-refractivity contribution is 0.245. The normalized spacial score (nSPS) is 13.2. The summed E-state index contributed by atoms with van der Waals surface area (Å²) in [6.07, 6.45) is 3.60. The van der Waals surface area contributed by atoms with E-state index >= 15 is 0 Å². The standard InChI is InChI=1S/C16H23NO/c1-5-13(4)11-17-10-9-14-15(17)7-6-8-16(14)18-12(2)3/h6-10,12-13H,5,11H2,1-4H3. The fourth-order valence-electron chi connectivity index (χ4n) is 2.18. The average Bonchev–Trinajstić information content (AvgIpc) is 2.73. The van der Waals surface area contributed by atoms with Crippen molar-refractivity contribution in [3.05, 3.63) is 30.5 Å². The minimum atomic E-state index is 0.216. The Morgan fingerprint density at radius 2 is 1.94 bits per heavy atom. The molecule has 1 unspecified atom stereocenters. The molecule has 2 rings (SSSR count). The lowest BCUT2D eigenvalue weighted by atomic mass is 10.1. The highest BCUT2D eigenvalue weighted by atomic mass is 16.5. The summed E-state index contributed by atoms with van der Waals surface area (Å²) in [6, 6.07) is 8.46. The molecule has 0 radical (unpaired) electrons. The molecule has 0 aliphatic rings. The van der Waals surface area contributed by atoms with Crippen molar-refractivity contribution >= 4 is 10.9 Å². The Kier molecular flexibility index (Phi) is 3.95. The molecule has 18 heavy (non-hydrogen) atoms. The van der Waals surface area contributed by atoms with Crippen molar-refractivity contribution in [2.45, 2.75) is 46.8 Å². The summed E-state index contributed by atoms with van der Waals surface area (Å²) in [5.41, 5.74) is 1.27. The number of hydrogen-bond donors (Lipinski definition) is 0. The number of hydrogen-bond acceptors (Lipinski definition) is 1. The molecule has 0 bridgehead atoms.